The van der Waals surface area contributed by atoms with Gasteiger partial charge in [-0.3, -0.25) is 0 Å². The molecule has 1 saturated carbocycles. The van der Waals surface area contributed by atoms with E-state index in [9.17, 15) is 4.79 Å². The second-order valence-corrected chi connectivity index (χ2v) is 6.01. The number of ether oxygens (including phenoxy) is 1. The highest BCUT2D eigenvalue weighted by Crippen LogP contribution is 2.29. The van der Waals surface area contributed by atoms with Crippen molar-refractivity contribution in [2.45, 2.75) is 65.4 Å². The van der Waals surface area contributed by atoms with Crippen LogP contribution in [0.25, 0.3) is 0 Å². The molecule has 0 heterocycles. The van der Waals surface area contributed by atoms with Crippen LogP contribution in [0.4, 0.5) is 4.79 Å². The molecule has 0 spiro atoms. The summed E-state index contributed by atoms with van der Waals surface area (Å²) >= 11 is 0. The largest absolute Gasteiger partial charge is 0.444 e. The van der Waals surface area contributed by atoms with Crippen LogP contribution >= 0.6 is 0 Å². The van der Waals surface area contributed by atoms with E-state index >= 15 is 0 Å². The molecule has 18 heavy (non-hydrogen) atoms. The molecule has 1 aliphatic rings. The van der Waals surface area contributed by atoms with Gasteiger partial charge in [0, 0.05) is 6.61 Å². The lowest BCUT2D eigenvalue weighted by atomic mass is 9.81. The van der Waals surface area contributed by atoms with Gasteiger partial charge in [0.2, 0.25) is 0 Å². The highest BCUT2D eigenvalue weighted by atomic mass is 16.6. The maximum absolute atomic E-state index is 10.0. The molecular weight excluding hydrogens is 230 g/mol. The fraction of sp³-hybridized carbons (Fsp3) is 0.929. The number of nitrogens with two attached hydrogens (primary N) is 1. The molecule has 0 unspecified atom stereocenters. The van der Waals surface area contributed by atoms with E-state index in [1.807, 2.05) is 0 Å². The predicted molar refractivity (Wildman–Crippen MR) is 73.2 cm³/mol. The smallest absolute Gasteiger partial charge is 0.405 e. The minimum atomic E-state index is -0.725. The number of hydrogen-bond donors (Lipinski definition) is 2. The lowest BCUT2D eigenvalue weighted by Crippen LogP contribution is -2.27. The summed E-state index contributed by atoms with van der Waals surface area (Å²) in [5.74, 6) is 1.59. The van der Waals surface area contributed by atoms with Crippen molar-refractivity contribution in [3.63, 3.8) is 0 Å². The normalized spacial score (nSPS) is 23.8. The number of carbonyl (C=O) groups excluding carboxylic acids is 1. The maximum atomic E-state index is 10.0. The number of amides is 1. The summed E-state index contributed by atoms with van der Waals surface area (Å²) in [5.41, 5.74) is 4.26. The lowest BCUT2D eigenvalue weighted by Gasteiger charge is -2.26. The lowest BCUT2D eigenvalue weighted by molar-refractivity contribution is 0.0600. The molecule has 0 aromatic rings. The Balaban J connectivity index is 0.000000331. The van der Waals surface area contributed by atoms with Crippen LogP contribution in [0.2, 0.25) is 0 Å². The van der Waals surface area contributed by atoms with Gasteiger partial charge in [0.15, 0.2) is 0 Å². The summed E-state index contributed by atoms with van der Waals surface area (Å²) in [6.45, 7) is 7.97. The third-order valence-electron chi connectivity index (χ3n) is 3.21. The van der Waals surface area contributed by atoms with Crippen LogP contribution in [0.15, 0.2) is 0 Å². The van der Waals surface area contributed by atoms with Crippen LogP contribution in [0, 0.1) is 11.8 Å². The molecule has 108 valence electrons. The van der Waals surface area contributed by atoms with E-state index in [0.29, 0.717) is 12.5 Å². The van der Waals surface area contributed by atoms with Gasteiger partial charge >= 0.3 is 6.09 Å². The molecule has 0 aromatic heterocycles. The van der Waals surface area contributed by atoms with E-state index in [2.05, 4.69) is 11.7 Å². The van der Waals surface area contributed by atoms with Crippen LogP contribution in [0.3, 0.4) is 0 Å². The summed E-state index contributed by atoms with van der Waals surface area (Å²) < 4.78 is 4.58. The molecule has 0 saturated heterocycles. The second kappa shape index (κ2) is 8.35. The van der Waals surface area contributed by atoms with Crippen molar-refractivity contribution < 1.29 is 14.6 Å². The number of primary amides is 1. The molecule has 0 bridgehead atoms. The van der Waals surface area contributed by atoms with Gasteiger partial charge in [-0.25, -0.2) is 4.79 Å². The minimum Gasteiger partial charge on any atom is -0.444 e. The fourth-order valence-corrected chi connectivity index (χ4v) is 2.12. The van der Waals surface area contributed by atoms with E-state index in [4.69, 9.17) is 10.8 Å². The summed E-state index contributed by atoms with van der Waals surface area (Å²) in [4.78, 5) is 10.0. The second-order valence-electron chi connectivity index (χ2n) is 6.01. The summed E-state index contributed by atoms with van der Waals surface area (Å²) in [6, 6.07) is 0. The zero-order chi connectivity index (χ0) is 14.2. The average Bonchev–Trinajstić information content (AvgIpc) is 2.26. The Morgan fingerprint density at radius 2 is 1.67 bits per heavy atom. The van der Waals surface area contributed by atoms with Crippen LogP contribution in [-0.2, 0) is 4.74 Å². The maximum Gasteiger partial charge on any atom is 0.405 e. The zero-order valence-corrected chi connectivity index (χ0v) is 12.2. The first-order valence-electron chi connectivity index (χ1n) is 6.87. The van der Waals surface area contributed by atoms with E-state index in [-0.39, 0.29) is 0 Å². The standard InChI is InChI=1S/C9H18O.C5H11NO2/c1-2-8-3-5-9(7-10)6-4-8;1-5(2,3)8-4(6)7/h8-10H,2-7H2,1H3;1-3H3,(H2,6,7). The van der Waals surface area contributed by atoms with Crippen molar-refractivity contribution >= 4 is 6.09 Å². The monoisotopic (exact) mass is 259 g/mol. The van der Waals surface area contributed by atoms with Gasteiger partial charge in [-0.1, -0.05) is 26.2 Å². The molecule has 3 N–H and O–H groups in total. The van der Waals surface area contributed by atoms with Crippen LogP contribution in [0.5, 0.6) is 0 Å². The van der Waals surface area contributed by atoms with Gasteiger partial charge in [0.05, 0.1) is 0 Å². The highest BCUT2D eigenvalue weighted by Gasteiger charge is 2.18. The topological polar surface area (TPSA) is 72.5 Å². The summed E-state index contributed by atoms with van der Waals surface area (Å²) in [5, 5.41) is 8.85. The number of rotatable bonds is 2. The Hall–Kier alpha value is -0.770. The average molecular weight is 259 g/mol. The third-order valence-corrected chi connectivity index (χ3v) is 3.21. The van der Waals surface area contributed by atoms with E-state index in [1.54, 1.807) is 20.8 Å². The van der Waals surface area contributed by atoms with E-state index in [1.165, 1.54) is 32.1 Å². The number of carbonyl (C=O) groups is 1. The molecule has 0 aliphatic heterocycles. The summed E-state index contributed by atoms with van der Waals surface area (Å²) in [6.07, 6.45) is 5.82. The van der Waals surface area contributed by atoms with Crippen molar-refractivity contribution in [2.75, 3.05) is 6.61 Å². The summed E-state index contributed by atoms with van der Waals surface area (Å²) in [7, 11) is 0. The Morgan fingerprint density at radius 1 is 1.22 bits per heavy atom. The Kier molecular flexibility index (Phi) is 8.00. The SMILES string of the molecule is CC(C)(C)OC(N)=O.CCC1CCC(CO)CC1. The number of aliphatic hydroxyl groups excluding tert-OH is 1. The molecule has 0 aromatic carbocycles. The van der Waals surface area contributed by atoms with Crippen molar-refractivity contribution in [3.05, 3.63) is 0 Å². The van der Waals surface area contributed by atoms with Gasteiger partial charge in [0.25, 0.3) is 0 Å². The van der Waals surface area contributed by atoms with Gasteiger partial charge < -0.3 is 15.6 Å². The van der Waals surface area contributed by atoms with Gasteiger partial charge in [-0.2, -0.15) is 0 Å². The predicted octanol–water partition coefficient (Wildman–Crippen LogP) is 3.08. The molecule has 0 atom stereocenters. The Labute approximate surface area is 111 Å². The highest BCUT2D eigenvalue weighted by molar-refractivity contribution is 5.65. The quantitative estimate of drug-likeness (QED) is 0.800. The van der Waals surface area contributed by atoms with Gasteiger partial charge in [-0.05, 0) is 45.4 Å². The molecular formula is C14H29NO3. The van der Waals surface area contributed by atoms with Crippen molar-refractivity contribution in [3.8, 4) is 0 Å². The molecule has 1 amide bonds. The molecule has 1 fully saturated rings. The van der Waals surface area contributed by atoms with Crippen molar-refractivity contribution in [2.24, 2.45) is 17.6 Å². The first-order valence-corrected chi connectivity index (χ1v) is 6.87. The Bertz CT molecular complexity index is 216. The van der Waals surface area contributed by atoms with Crippen LogP contribution < -0.4 is 5.73 Å². The van der Waals surface area contributed by atoms with Crippen LogP contribution in [0.1, 0.15) is 59.8 Å². The third kappa shape index (κ3) is 9.28. The number of hydrogen-bond acceptors (Lipinski definition) is 3. The van der Waals surface area contributed by atoms with E-state index < -0.39 is 11.7 Å². The van der Waals surface area contributed by atoms with Crippen molar-refractivity contribution in [1.82, 2.24) is 0 Å². The molecule has 1 rings (SSSR count). The first kappa shape index (κ1) is 17.2. The fourth-order valence-electron chi connectivity index (χ4n) is 2.12. The van der Waals surface area contributed by atoms with Gasteiger partial charge in [-0.15, -0.1) is 0 Å². The molecule has 0 radical (unpaired) electrons. The Morgan fingerprint density at radius 3 is 1.89 bits per heavy atom. The van der Waals surface area contributed by atoms with Gasteiger partial charge in [0.1, 0.15) is 5.60 Å². The van der Waals surface area contributed by atoms with Crippen molar-refractivity contribution in [1.29, 1.82) is 0 Å². The molecule has 1 aliphatic carbocycles. The number of aliphatic hydroxyl groups is 1. The van der Waals surface area contributed by atoms with E-state index in [0.717, 1.165) is 5.92 Å². The molecule has 4 heteroatoms. The van der Waals surface area contributed by atoms with Crippen LogP contribution in [-0.4, -0.2) is 23.4 Å². The zero-order valence-electron chi connectivity index (χ0n) is 12.2. The molecule has 4 nitrogen and oxygen atoms in total. The first-order chi connectivity index (χ1) is 8.28. The minimum absolute atomic E-state index is 0.413.